The van der Waals surface area contributed by atoms with E-state index in [0.29, 0.717) is 5.75 Å². The van der Waals surface area contributed by atoms with Crippen molar-refractivity contribution in [1.82, 2.24) is 20.1 Å². The lowest BCUT2D eigenvalue weighted by Crippen LogP contribution is -2.28. The number of hydrogen-bond acceptors (Lipinski definition) is 5. The number of aromatic nitrogens is 3. The molecular formula is C18H20N4OS2. The molecule has 0 fully saturated rings. The van der Waals surface area contributed by atoms with Crippen LogP contribution in [0.15, 0.2) is 59.3 Å². The zero-order valence-electron chi connectivity index (χ0n) is 14.0. The van der Waals surface area contributed by atoms with E-state index in [9.17, 15) is 4.79 Å². The lowest BCUT2D eigenvalue weighted by Gasteiger charge is -2.14. The van der Waals surface area contributed by atoms with E-state index < -0.39 is 0 Å². The molecule has 2 heterocycles. The van der Waals surface area contributed by atoms with Crippen LogP contribution in [0, 0.1) is 0 Å². The van der Waals surface area contributed by atoms with E-state index in [1.807, 2.05) is 41.8 Å². The van der Waals surface area contributed by atoms with Crippen molar-refractivity contribution < 1.29 is 4.79 Å². The fourth-order valence-electron chi connectivity index (χ4n) is 2.43. The zero-order chi connectivity index (χ0) is 17.5. The summed E-state index contributed by atoms with van der Waals surface area (Å²) in [6.07, 6.45) is 2.67. The average Bonchev–Trinajstić information content (AvgIpc) is 3.30. The van der Waals surface area contributed by atoms with Crippen LogP contribution < -0.4 is 5.32 Å². The third-order valence-corrected chi connectivity index (χ3v) is 5.69. The van der Waals surface area contributed by atoms with E-state index in [4.69, 9.17) is 0 Å². The maximum absolute atomic E-state index is 12.2. The average molecular weight is 373 g/mol. The van der Waals surface area contributed by atoms with Gasteiger partial charge in [-0.25, -0.2) is 0 Å². The van der Waals surface area contributed by atoms with Crippen LogP contribution >= 0.6 is 23.1 Å². The van der Waals surface area contributed by atoms with E-state index >= 15 is 0 Å². The van der Waals surface area contributed by atoms with Gasteiger partial charge >= 0.3 is 0 Å². The number of thioether (sulfide) groups is 1. The van der Waals surface area contributed by atoms with Crippen molar-refractivity contribution in [2.75, 3.05) is 5.75 Å². The third-order valence-electron chi connectivity index (χ3n) is 3.77. The van der Waals surface area contributed by atoms with Gasteiger partial charge in [0.25, 0.3) is 0 Å². The van der Waals surface area contributed by atoms with Gasteiger partial charge in [-0.2, -0.15) is 0 Å². The molecule has 0 bridgehead atoms. The Morgan fingerprint density at radius 3 is 2.88 bits per heavy atom. The highest BCUT2D eigenvalue weighted by Gasteiger charge is 2.12. The zero-order valence-corrected chi connectivity index (χ0v) is 15.6. The van der Waals surface area contributed by atoms with Crippen LogP contribution in [0.1, 0.15) is 23.4 Å². The second kappa shape index (κ2) is 8.82. The minimum Gasteiger partial charge on any atom is -0.349 e. The second-order valence-corrected chi connectivity index (χ2v) is 7.60. The molecule has 3 aromatic rings. The van der Waals surface area contributed by atoms with E-state index in [0.717, 1.165) is 23.7 Å². The van der Waals surface area contributed by atoms with E-state index in [1.165, 1.54) is 16.6 Å². The van der Waals surface area contributed by atoms with Gasteiger partial charge in [0, 0.05) is 11.4 Å². The first-order valence-corrected chi connectivity index (χ1v) is 9.96. The van der Waals surface area contributed by atoms with Crippen LogP contribution in [-0.2, 0) is 17.8 Å². The molecule has 1 atom stereocenters. The molecule has 3 rings (SSSR count). The highest BCUT2D eigenvalue weighted by molar-refractivity contribution is 7.99. The molecule has 1 aromatic carbocycles. The molecule has 0 spiro atoms. The predicted octanol–water partition coefficient (Wildman–Crippen LogP) is 3.55. The van der Waals surface area contributed by atoms with Gasteiger partial charge in [-0.1, -0.05) is 48.2 Å². The molecule has 0 aliphatic heterocycles. The van der Waals surface area contributed by atoms with E-state index in [2.05, 4.69) is 33.0 Å². The number of nitrogens with one attached hydrogen (secondary N) is 1. The van der Waals surface area contributed by atoms with Crippen molar-refractivity contribution in [2.45, 2.75) is 31.1 Å². The van der Waals surface area contributed by atoms with Crippen molar-refractivity contribution in [2.24, 2.45) is 0 Å². The largest absolute Gasteiger partial charge is 0.349 e. The van der Waals surface area contributed by atoms with Crippen LogP contribution in [0.4, 0.5) is 0 Å². The van der Waals surface area contributed by atoms with Crippen molar-refractivity contribution in [3.8, 4) is 0 Å². The van der Waals surface area contributed by atoms with Crippen molar-refractivity contribution in [3.05, 3.63) is 64.6 Å². The van der Waals surface area contributed by atoms with Crippen LogP contribution in [0.2, 0.25) is 0 Å². The molecule has 0 saturated carbocycles. The smallest absolute Gasteiger partial charge is 0.230 e. The Hall–Kier alpha value is -2.12. The number of rotatable bonds is 8. The van der Waals surface area contributed by atoms with Gasteiger partial charge < -0.3 is 9.88 Å². The highest BCUT2D eigenvalue weighted by Crippen LogP contribution is 2.17. The first-order valence-electron chi connectivity index (χ1n) is 8.09. The summed E-state index contributed by atoms with van der Waals surface area (Å²) in [5.74, 6) is 0.323. The molecular weight excluding hydrogens is 352 g/mol. The summed E-state index contributed by atoms with van der Waals surface area (Å²) in [5.41, 5.74) is 1.10. The molecule has 25 heavy (non-hydrogen) atoms. The summed E-state index contributed by atoms with van der Waals surface area (Å²) in [6, 6.07) is 14.1. The summed E-state index contributed by atoms with van der Waals surface area (Å²) < 4.78 is 2.00. The molecule has 1 unspecified atom stereocenters. The van der Waals surface area contributed by atoms with E-state index in [-0.39, 0.29) is 11.9 Å². The van der Waals surface area contributed by atoms with Crippen LogP contribution in [0.5, 0.6) is 0 Å². The molecule has 7 heteroatoms. The summed E-state index contributed by atoms with van der Waals surface area (Å²) in [5, 5.41) is 14.0. The van der Waals surface area contributed by atoms with Crippen molar-refractivity contribution in [1.29, 1.82) is 0 Å². The summed E-state index contributed by atoms with van der Waals surface area (Å²) in [4.78, 5) is 13.5. The van der Waals surface area contributed by atoms with Gasteiger partial charge in [0.05, 0.1) is 11.8 Å². The van der Waals surface area contributed by atoms with Gasteiger partial charge in [-0.3, -0.25) is 4.79 Å². The van der Waals surface area contributed by atoms with Gasteiger partial charge in [0.2, 0.25) is 5.91 Å². The van der Waals surface area contributed by atoms with E-state index in [1.54, 1.807) is 17.7 Å². The van der Waals surface area contributed by atoms with Gasteiger partial charge in [0.15, 0.2) is 5.16 Å². The van der Waals surface area contributed by atoms with Crippen molar-refractivity contribution in [3.63, 3.8) is 0 Å². The Morgan fingerprint density at radius 1 is 1.28 bits per heavy atom. The van der Waals surface area contributed by atoms with Crippen LogP contribution in [0.3, 0.4) is 0 Å². The molecule has 5 nitrogen and oxygen atoms in total. The molecule has 0 aliphatic carbocycles. The first-order chi connectivity index (χ1) is 12.2. The normalized spacial score (nSPS) is 12.0. The molecule has 1 N–H and O–H groups in total. The standard InChI is InChI=1S/C18H20N4OS2/c1-14(15-6-3-2-4-7-15)20-17(23)12-25-18-21-19-13-22(18)10-9-16-8-5-11-24-16/h2-8,11,13-14H,9-10,12H2,1H3,(H,20,23). The lowest BCUT2D eigenvalue weighted by molar-refractivity contribution is -0.119. The Kier molecular flexibility index (Phi) is 6.25. The number of carbonyl (C=O) groups excluding carboxylic acids is 1. The predicted molar refractivity (Wildman–Crippen MR) is 102 cm³/mol. The number of carbonyl (C=O) groups is 1. The Morgan fingerprint density at radius 2 is 2.12 bits per heavy atom. The van der Waals surface area contributed by atoms with Crippen LogP contribution in [0.25, 0.3) is 0 Å². The summed E-state index contributed by atoms with van der Waals surface area (Å²) in [7, 11) is 0. The maximum atomic E-state index is 12.2. The van der Waals surface area contributed by atoms with Crippen molar-refractivity contribution >= 4 is 29.0 Å². The van der Waals surface area contributed by atoms with Gasteiger partial charge in [-0.15, -0.1) is 21.5 Å². The third kappa shape index (κ3) is 5.17. The number of aryl methyl sites for hydroxylation is 2. The summed E-state index contributed by atoms with van der Waals surface area (Å²) >= 11 is 3.17. The molecule has 2 aromatic heterocycles. The number of hydrogen-bond donors (Lipinski definition) is 1. The number of benzene rings is 1. The lowest BCUT2D eigenvalue weighted by atomic mass is 10.1. The Bertz CT molecular complexity index is 787. The molecule has 130 valence electrons. The molecule has 0 saturated heterocycles. The van der Waals surface area contributed by atoms with Gasteiger partial charge in [-0.05, 0) is 30.4 Å². The second-order valence-electron chi connectivity index (χ2n) is 5.62. The summed E-state index contributed by atoms with van der Waals surface area (Å²) in [6.45, 7) is 2.80. The maximum Gasteiger partial charge on any atom is 0.230 e. The SMILES string of the molecule is CC(NC(=O)CSc1nncn1CCc1cccs1)c1ccccc1. The molecule has 1 amide bonds. The monoisotopic (exact) mass is 372 g/mol. The molecule has 0 aliphatic rings. The van der Waals surface area contributed by atoms with Gasteiger partial charge in [0.1, 0.15) is 6.33 Å². The molecule has 0 radical (unpaired) electrons. The topological polar surface area (TPSA) is 59.8 Å². The minimum absolute atomic E-state index is 0.00541. The fraction of sp³-hybridized carbons (Fsp3) is 0.278. The number of nitrogens with zero attached hydrogens (tertiary/aromatic N) is 3. The Balaban J connectivity index is 1.48. The van der Waals surface area contributed by atoms with Crippen LogP contribution in [-0.4, -0.2) is 26.4 Å². The number of thiophene rings is 1. The fourth-order valence-corrected chi connectivity index (χ4v) is 3.88. The quantitative estimate of drug-likeness (QED) is 0.614. The first kappa shape index (κ1) is 17.7. The minimum atomic E-state index is -0.00833. The Labute approximate surface area is 155 Å². The number of amides is 1. The highest BCUT2D eigenvalue weighted by atomic mass is 32.2.